The second-order valence-corrected chi connectivity index (χ2v) is 8.34. The van der Waals surface area contributed by atoms with Gasteiger partial charge >= 0.3 is 0 Å². The van der Waals surface area contributed by atoms with Crippen molar-refractivity contribution in [2.24, 2.45) is 11.7 Å². The molecule has 0 saturated heterocycles. The Morgan fingerprint density at radius 1 is 1.42 bits per heavy atom. The summed E-state index contributed by atoms with van der Waals surface area (Å²) in [6.45, 7) is 2.84. The zero-order chi connectivity index (χ0) is 13.9. The van der Waals surface area contributed by atoms with Crippen LogP contribution >= 0.6 is 11.3 Å². The van der Waals surface area contributed by atoms with Crippen molar-refractivity contribution in [3.05, 3.63) is 16.5 Å². The fraction of sp³-hybridized carbons (Fsp3) is 0.692. The Bertz CT molecular complexity index is 517. The standard InChI is InChI=1S/C13H22N2O2S2/c1-10-8-13(18-12(10)9-14)19(16,17)15-7-6-11-4-2-3-5-11/h8,11,15H,2-7,9,14H2,1H3. The Kier molecular flexibility index (Phi) is 5.00. The van der Waals surface area contributed by atoms with E-state index >= 15 is 0 Å². The van der Waals surface area contributed by atoms with Crippen LogP contribution in [0.3, 0.4) is 0 Å². The molecule has 108 valence electrons. The molecule has 2 rings (SSSR count). The van der Waals surface area contributed by atoms with Gasteiger partial charge in [-0.1, -0.05) is 25.7 Å². The zero-order valence-electron chi connectivity index (χ0n) is 11.3. The van der Waals surface area contributed by atoms with Gasteiger partial charge in [-0.15, -0.1) is 11.3 Å². The summed E-state index contributed by atoms with van der Waals surface area (Å²) >= 11 is 1.27. The molecule has 0 bridgehead atoms. The maximum absolute atomic E-state index is 12.1. The molecule has 0 atom stereocenters. The highest BCUT2D eigenvalue weighted by Crippen LogP contribution is 2.28. The van der Waals surface area contributed by atoms with Gasteiger partial charge in [-0.2, -0.15) is 0 Å². The molecule has 1 aromatic heterocycles. The molecular weight excluding hydrogens is 280 g/mol. The molecule has 19 heavy (non-hydrogen) atoms. The van der Waals surface area contributed by atoms with E-state index in [-0.39, 0.29) is 0 Å². The first kappa shape index (κ1) is 15.0. The van der Waals surface area contributed by atoms with Crippen LogP contribution < -0.4 is 10.5 Å². The summed E-state index contributed by atoms with van der Waals surface area (Å²) in [4.78, 5) is 0.941. The molecule has 1 aliphatic rings. The van der Waals surface area contributed by atoms with Crippen LogP contribution in [-0.4, -0.2) is 15.0 Å². The van der Waals surface area contributed by atoms with Crippen LogP contribution in [0.1, 0.15) is 42.5 Å². The van der Waals surface area contributed by atoms with Gasteiger partial charge in [0.05, 0.1) is 0 Å². The van der Waals surface area contributed by atoms with Crippen LogP contribution in [-0.2, 0) is 16.6 Å². The second kappa shape index (κ2) is 6.35. The van der Waals surface area contributed by atoms with Gasteiger partial charge in [0.2, 0.25) is 10.0 Å². The predicted molar refractivity (Wildman–Crippen MR) is 78.7 cm³/mol. The number of thiophene rings is 1. The Labute approximate surface area is 119 Å². The van der Waals surface area contributed by atoms with E-state index in [1.165, 1.54) is 37.0 Å². The Morgan fingerprint density at radius 3 is 2.68 bits per heavy atom. The maximum Gasteiger partial charge on any atom is 0.250 e. The fourth-order valence-electron chi connectivity index (χ4n) is 2.59. The summed E-state index contributed by atoms with van der Waals surface area (Å²) in [6.07, 6.45) is 6.03. The third-order valence-electron chi connectivity index (χ3n) is 3.77. The first-order chi connectivity index (χ1) is 9.03. The van der Waals surface area contributed by atoms with Gasteiger partial charge in [-0.3, -0.25) is 0 Å². The van der Waals surface area contributed by atoms with Gasteiger partial charge in [0.25, 0.3) is 0 Å². The largest absolute Gasteiger partial charge is 0.326 e. The predicted octanol–water partition coefficient (Wildman–Crippen LogP) is 2.37. The van der Waals surface area contributed by atoms with Crippen molar-refractivity contribution in [1.29, 1.82) is 0 Å². The highest BCUT2D eigenvalue weighted by atomic mass is 32.2. The van der Waals surface area contributed by atoms with Crippen molar-refractivity contribution in [2.75, 3.05) is 6.54 Å². The first-order valence-corrected chi connectivity index (χ1v) is 9.12. The number of rotatable bonds is 6. The van der Waals surface area contributed by atoms with Crippen molar-refractivity contribution < 1.29 is 8.42 Å². The van der Waals surface area contributed by atoms with Gasteiger partial charge in [0.1, 0.15) is 4.21 Å². The Hall–Kier alpha value is -0.430. The highest BCUT2D eigenvalue weighted by molar-refractivity contribution is 7.91. The lowest BCUT2D eigenvalue weighted by molar-refractivity contribution is 0.496. The molecule has 1 fully saturated rings. The number of nitrogens with two attached hydrogens (primary N) is 1. The SMILES string of the molecule is Cc1cc(S(=O)(=O)NCCC2CCCC2)sc1CN. The van der Waals surface area contributed by atoms with Crippen LogP contribution in [0.15, 0.2) is 10.3 Å². The van der Waals surface area contributed by atoms with Gasteiger partial charge in [0, 0.05) is 18.0 Å². The van der Waals surface area contributed by atoms with Crippen LogP contribution in [0.5, 0.6) is 0 Å². The molecule has 0 aromatic carbocycles. The number of hydrogen-bond donors (Lipinski definition) is 2. The number of aryl methyl sites for hydroxylation is 1. The summed E-state index contributed by atoms with van der Waals surface area (Å²) in [5.41, 5.74) is 6.55. The molecule has 0 unspecified atom stereocenters. The molecule has 4 nitrogen and oxygen atoms in total. The molecule has 6 heteroatoms. The van der Waals surface area contributed by atoms with Crippen molar-refractivity contribution in [1.82, 2.24) is 4.72 Å². The van der Waals surface area contributed by atoms with E-state index in [1.807, 2.05) is 6.92 Å². The summed E-state index contributed by atoms with van der Waals surface area (Å²) in [5, 5.41) is 0. The minimum Gasteiger partial charge on any atom is -0.326 e. The molecule has 0 amide bonds. The smallest absolute Gasteiger partial charge is 0.250 e. The van der Waals surface area contributed by atoms with E-state index in [9.17, 15) is 8.42 Å². The topological polar surface area (TPSA) is 72.2 Å². The van der Waals surface area contributed by atoms with Crippen LogP contribution in [0.4, 0.5) is 0 Å². The molecule has 3 N–H and O–H groups in total. The van der Waals surface area contributed by atoms with Gasteiger partial charge in [-0.25, -0.2) is 13.1 Å². The van der Waals surface area contributed by atoms with E-state index in [2.05, 4.69) is 4.72 Å². The molecular formula is C13H22N2O2S2. The molecule has 1 heterocycles. The lowest BCUT2D eigenvalue weighted by atomic mass is 10.1. The maximum atomic E-state index is 12.1. The normalized spacial score (nSPS) is 17.2. The molecule has 0 aliphatic heterocycles. The minimum atomic E-state index is -3.35. The molecule has 1 aromatic rings. The average Bonchev–Trinajstić information content (AvgIpc) is 2.98. The molecule has 0 radical (unpaired) electrons. The van der Waals surface area contributed by atoms with Crippen molar-refractivity contribution >= 4 is 21.4 Å². The van der Waals surface area contributed by atoms with Crippen LogP contribution in [0, 0.1) is 12.8 Å². The summed E-state index contributed by atoms with van der Waals surface area (Å²) in [6, 6.07) is 1.71. The van der Waals surface area contributed by atoms with Gasteiger partial charge in [-0.05, 0) is 30.9 Å². The van der Waals surface area contributed by atoms with Crippen molar-refractivity contribution in [3.8, 4) is 0 Å². The van der Waals surface area contributed by atoms with Crippen molar-refractivity contribution in [2.45, 2.75) is 49.8 Å². The molecule has 1 saturated carbocycles. The summed E-state index contributed by atoms with van der Waals surface area (Å²) < 4.78 is 27.4. The number of sulfonamides is 1. The number of nitrogens with one attached hydrogen (secondary N) is 1. The Morgan fingerprint density at radius 2 is 2.11 bits per heavy atom. The quantitative estimate of drug-likeness (QED) is 0.847. The van der Waals surface area contributed by atoms with E-state index in [4.69, 9.17) is 5.73 Å². The minimum absolute atomic E-state index is 0.386. The molecule has 1 aliphatic carbocycles. The Balaban J connectivity index is 1.93. The fourth-order valence-corrected chi connectivity index (χ4v) is 5.15. The van der Waals surface area contributed by atoms with E-state index < -0.39 is 10.0 Å². The second-order valence-electron chi connectivity index (χ2n) is 5.21. The summed E-state index contributed by atoms with van der Waals surface area (Å²) in [7, 11) is -3.35. The highest BCUT2D eigenvalue weighted by Gasteiger charge is 2.20. The van der Waals surface area contributed by atoms with Crippen LogP contribution in [0.2, 0.25) is 0 Å². The average molecular weight is 302 g/mol. The summed E-state index contributed by atoms with van der Waals surface area (Å²) in [5.74, 6) is 0.701. The van der Waals surface area contributed by atoms with Gasteiger partial charge < -0.3 is 5.73 Å². The van der Waals surface area contributed by atoms with Gasteiger partial charge in [0.15, 0.2) is 0 Å². The van der Waals surface area contributed by atoms with E-state index in [0.717, 1.165) is 16.9 Å². The lowest BCUT2D eigenvalue weighted by Gasteiger charge is -2.09. The lowest BCUT2D eigenvalue weighted by Crippen LogP contribution is -2.25. The van der Waals surface area contributed by atoms with E-state index in [0.29, 0.717) is 23.2 Å². The van der Waals surface area contributed by atoms with E-state index in [1.54, 1.807) is 6.07 Å². The third kappa shape index (κ3) is 3.78. The first-order valence-electron chi connectivity index (χ1n) is 6.82. The van der Waals surface area contributed by atoms with Crippen molar-refractivity contribution in [3.63, 3.8) is 0 Å². The van der Waals surface area contributed by atoms with Crippen LogP contribution in [0.25, 0.3) is 0 Å². The third-order valence-corrected chi connectivity index (χ3v) is 6.96. The number of hydrogen-bond acceptors (Lipinski definition) is 4. The molecule has 0 spiro atoms. The zero-order valence-corrected chi connectivity index (χ0v) is 12.9. The monoisotopic (exact) mass is 302 g/mol.